The van der Waals surface area contributed by atoms with Gasteiger partial charge in [0.2, 0.25) is 0 Å². The molecule has 3 heteroatoms. The van der Waals surface area contributed by atoms with Crippen LogP contribution in [0, 0.1) is 6.92 Å². The molecule has 122 valence electrons. The summed E-state index contributed by atoms with van der Waals surface area (Å²) >= 11 is 0. The number of ether oxygens (including phenoxy) is 1. The summed E-state index contributed by atoms with van der Waals surface area (Å²) in [5.74, 6) is 0.626. The van der Waals surface area contributed by atoms with Crippen LogP contribution in [0.5, 0.6) is 5.75 Å². The lowest BCUT2D eigenvalue weighted by Crippen LogP contribution is -2.37. The lowest BCUT2D eigenvalue weighted by molar-refractivity contribution is 0.0369. The van der Waals surface area contributed by atoms with Crippen molar-refractivity contribution in [2.75, 3.05) is 32.8 Å². The van der Waals surface area contributed by atoms with E-state index < -0.39 is 0 Å². The maximum absolute atomic E-state index is 10.4. The molecule has 0 spiro atoms. The van der Waals surface area contributed by atoms with Crippen LogP contribution in [-0.2, 0) is 4.74 Å². The highest BCUT2D eigenvalue weighted by Crippen LogP contribution is 2.36. The van der Waals surface area contributed by atoms with Crippen LogP contribution in [0.2, 0.25) is 0 Å². The Bertz CT molecular complexity index is 601. The molecule has 1 unspecified atom stereocenters. The Morgan fingerprint density at radius 3 is 2.48 bits per heavy atom. The molecule has 0 amide bonds. The molecule has 1 fully saturated rings. The van der Waals surface area contributed by atoms with Crippen molar-refractivity contribution in [3.05, 3.63) is 65.2 Å². The molecule has 3 rings (SSSR count). The van der Waals surface area contributed by atoms with E-state index in [1.165, 1.54) is 5.56 Å². The number of phenols is 1. The van der Waals surface area contributed by atoms with Gasteiger partial charge in [-0.25, -0.2) is 0 Å². The third kappa shape index (κ3) is 3.92. The van der Waals surface area contributed by atoms with Gasteiger partial charge in [0.1, 0.15) is 5.75 Å². The van der Waals surface area contributed by atoms with Crippen LogP contribution in [0.1, 0.15) is 29.0 Å². The number of morpholine rings is 1. The first-order valence-electron chi connectivity index (χ1n) is 8.39. The standard InChI is InChI=1S/C20H25NO2/c1-16-6-5-9-19(22)20(16)18(17-7-3-2-4-8-17)10-11-21-12-14-23-15-13-21/h2-9,18,22H,10-15H2,1H3. The molecule has 2 aromatic carbocycles. The highest BCUT2D eigenvalue weighted by Gasteiger charge is 2.21. The molecule has 1 atom stereocenters. The minimum atomic E-state index is 0.222. The number of aryl methyl sites for hydroxylation is 1. The van der Waals surface area contributed by atoms with Gasteiger partial charge in [0, 0.05) is 24.6 Å². The van der Waals surface area contributed by atoms with Crippen molar-refractivity contribution in [1.82, 2.24) is 4.90 Å². The van der Waals surface area contributed by atoms with Gasteiger partial charge in [-0.2, -0.15) is 0 Å². The number of benzene rings is 2. The fourth-order valence-electron chi connectivity index (χ4n) is 3.42. The minimum absolute atomic E-state index is 0.222. The van der Waals surface area contributed by atoms with Crippen molar-refractivity contribution in [3.8, 4) is 5.75 Å². The monoisotopic (exact) mass is 311 g/mol. The largest absolute Gasteiger partial charge is 0.508 e. The number of phenolic OH excluding ortho intramolecular Hbond substituents is 1. The quantitative estimate of drug-likeness (QED) is 0.916. The summed E-state index contributed by atoms with van der Waals surface area (Å²) in [7, 11) is 0. The third-order valence-electron chi connectivity index (χ3n) is 4.69. The molecule has 1 heterocycles. The van der Waals surface area contributed by atoms with Crippen molar-refractivity contribution < 1.29 is 9.84 Å². The molecule has 1 saturated heterocycles. The zero-order valence-electron chi connectivity index (χ0n) is 13.7. The Balaban J connectivity index is 1.85. The summed E-state index contributed by atoms with van der Waals surface area (Å²) in [6.07, 6.45) is 1.00. The molecule has 1 N–H and O–H groups in total. The summed E-state index contributed by atoms with van der Waals surface area (Å²) in [6.45, 7) is 6.76. The second-order valence-electron chi connectivity index (χ2n) is 6.21. The SMILES string of the molecule is Cc1cccc(O)c1C(CCN1CCOCC1)c1ccccc1. The van der Waals surface area contributed by atoms with Crippen LogP contribution in [0.25, 0.3) is 0 Å². The molecule has 0 aromatic heterocycles. The lowest BCUT2D eigenvalue weighted by Gasteiger charge is -2.29. The molecule has 1 aliphatic heterocycles. The van der Waals surface area contributed by atoms with Crippen molar-refractivity contribution >= 4 is 0 Å². The van der Waals surface area contributed by atoms with E-state index in [2.05, 4.69) is 42.2 Å². The smallest absolute Gasteiger partial charge is 0.119 e. The third-order valence-corrected chi connectivity index (χ3v) is 4.69. The number of aromatic hydroxyl groups is 1. The Labute approximate surface area is 138 Å². The zero-order valence-corrected chi connectivity index (χ0v) is 13.7. The van der Waals surface area contributed by atoms with Crippen molar-refractivity contribution in [2.45, 2.75) is 19.3 Å². The van der Waals surface area contributed by atoms with Crippen LogP contribution in [0.3, 0.4) is 0 Å². The summed E-state index contributed by atoms with van der Waals surface area (Å²) in [5, 5.41) is 10.4. The first-order valence-corrected chi connectivity index (χ1v) is 8.39. The zero-order chi connectivity index (χ0) is 16.1. The number of hydrogen-bond acceptors (Lipinski definition) is 3. The normalized spacial score (nSPS) is 17.1. The summed E-state index contributed by atoms with van der Waals surface area (Å²) < 4.78 is 5.43. The van der Waals surface area contributed by atoms with E-state index in [1.54, 1.807) is 6.07 Å². The van der Waals surface area contributed by atoms with E-state index in [1.807, 2.05) is 12.1 Å². The predicted molar refractivity (Wildman–Crippen MR) is 93.0 cm³/mol. The fraction of sp³-hybridized carbons (Fsp3) is 0.400. The number of nitrogens with zero attached hydrogens (tertiary/aromatic N) is 1. The van der Waals surface area contributed by atoms with E-state index >= 15 is 0 Å². The van der Waals surface area contributed by atoms with Crippen molar-refractivity contribution in [2.24, 2.45) is 0 Å². The Hall–Kier alpha value is -1.84. The Kier molecular flexibility index (Phi) is 5.31. The topological polar surface area (TPSA) is 32.7 Å². The first kappa shape index (κ1) is 16.0. The van der Waals surface area contributed by atoms with Gasteiger partial charge in [-0.05, 0) is 37.1 Å². The highest BCUT2D eigenvalue weighted by molar-refractivity contribution is 5.46. The minimum Gasteiger partial charge on any atom is -0.508 e. The maximum atomic E-state index is 10.4. The predicted octanol–water partition coefficient (Wildman–Crippen LogP) is 3.55. The van der Waals surface area contributed by atoms with Crippen LogP contribution in [0.15, 0.2) is 48.5 Å². The maximum Gasteiger partial charge on any atom is 0.119 e. The van der Waals surface area contributed by atoms with Gasteiger partial charge in [-0.3, -0.25) is 4.90 Å². The Morgan fingerprint density at radius 1 is 1.04 bits per heavy atom. The van der Waals surface area contributed by atoms with E-state index in [4.69, 9.17) is 4.74 Å². The molecule has 0 radical (unpaired) electrons. The molecular weight excluding hydrogens is 286 g/mol. The van der Waals surface area contributed by atoms with E-state index in [0.717, 1.165) is 50.4 Å². The van der Waals surface area contributed by atoms with Gasteiger partial charge < -0.3 is 9.84 Å². The van der Waals surface area contributed by atoms with Gasteiger partial charge in [-0.1, -0.05) is 42.5 Å². The lowest BCUT2D eigenvalue weighted by atomic mass is 9.85. The van der Waals surface area contributed by atoms with Crippen LogP contribution >= 0.6 is 0 Å². The second-order valence-corrected chi connectivity index (χ2v) is 6.21. The summed E-state index contributed by atoms with van der Waals surface area (Å²) in [4.78, 5) is 2.45. The van der Waals surface area contributed by atoms with Crippen LogP contribution < -0.4 is 0 Å². The molecule has 2 aromatic rings. The van der Waals surface area contributed by atoms with Gasteiger partial charge in [0.25, 0.3) is 0 Å². The average Bonchev–Trinajstić information content (AvgIpc) is 2.59. The number of hydrogen-bond donors (Lipinski definition) is 1. The van der Waals surface area contributed by atoms with Gasteiger partial charge in [0.05, 0.1) is 13.2 Å². The van der Waals surface area contributed by atoms with Gasteiger partial charge in [0.15, 0.2) is 0 Å². The fourth-order valence-corrected chi connectivity index (χ4v) is 3.42. The van der Waals surface area contributed by atoms with Gasteiger partial charge >= 0.3 is 0 Å². The summed E-state index contributed by atoms with van der Waals surface area (Å²) in [6, 6.07) is 16.3. The molecule has 1 aliphatic rings. The number of rotatable bonds is 5. The average molecular weight is 311 g/mol. The molecule has 0 aliphatic carbocycles. The van der Waals surface area contributed by atoms with Crippen LogP contribution in [0.4, 0.5) is 0 Å². The van der Waals surface area contributed by atoms with E-state index in [0.29, 0.717) is 5.75 Å². The summed E-state index contributed by atoms with van der Waals surface area (Å²) in [5.41, 5.74) is 3.48. The molecule has 0 bridgehead atoms. The van der Waals surface area contributed by atoms with Gasteiger partial charge in [-0.15, -0.1) is 0 Å². The Morgan fingerprint density at radius 2 is 1.78 bits per heavy atom. The van der Waals surface area contributed by atoms with Crippen molar-refractivity contribution in [3.63, 3.8) is 0 Å². The van der Waals surface area contributed by atoms with E-state index in [9.17, 15) is 5.11 Å². The van der Waals surface area contributed by atoms with Crippen LogP contribution in [-0.4, -0.2) is 42.9 Å². The second kappa shape index (κ2) is 7.62. The molecular formula is C20H25NO2. The molecule has 0 saturated carbocycles. The molecule has 3 nitrogen and oxygen atoms in total. The van der Waals surface area contributed by atoms with Crippen molar-refractivity contribution in [1.29, 1.82) is 0 Å². The van der Waals surface area contributed by atoms with E-state index in [-0.39, 0.29) is 5.92 Å². The molecule has 23 heavy (non-hydrogen) atoms. The first-order chi connectivity index (χ1) is 11.3. The highest BCUT2D eigenvalue weighted by atomic mass is 16.5.